The molecule has 2 fully saturated rings. The Morgan fingerprint density at radius 1 is 1.03 bits per heavy atom. The third-order valence-electron chi connectivity index (χ3n) is 7.13. The number of benzene rings is 1. The number of rotatable bonds is 4. The number of aromatic nitrogens is 3. The van der Waals surface area contributed by atoms with Gasteiger partial charge in [0.2, 0.25) is 0 Å². The molecule has 1 N–H and O–H groups in total. The molecule has 5 nitrogen and oxygen atoms in total. The van der Waals surface area contributed by atoms with Crippen molar-refractivity contribution in [2.75, 3.05) is 20.1 Å². The lowest BCUT2D eigenvalue weighted by Crippen LogP contribution is -2.37. The van der Waals surface area contributed by atoms with Gasteiger partial charge in [-0.1, -0.05) is 18.2 Å². The molecule has 5 heteroatoms. The molecule has 0 amide bonds. The van der Waals surface area contributed by atoms with E-state index in [2.05, 4.69) is 59.1 Å². The summed E-state index contributed by atoms with van der Waals surface area (Å²) >= 11 is 0. The highest BCUT2D eigenvalue weighted by Gasteiger charge is 2.34. The quantitative estimate of drug-likeness (QED) is 0.689. The Morgan fingerprint density at radius 3 is 2.73 bits per heavy atom. The van der Waals surface area contributed by atoms with Gasteiger partial charge in [0.05, 0.1) is 28.8 Å². The van der Waals surface area contributed by atoms with Crippen LogP contribution in [0.3, 0.4) is 0 Å². The average molecular weight is 404 g/mol. The summed E-state index contributed by atoms with van der Waals surface area (Å²) in [5.41, 5.74) is 4.92. The molecule has 0 radical (unpaired) electrons. The Morgan fingerprint density at radius 2 is 1.90 bits per heavy atom. The number of aryl methyl sites for hydroxylation is 1. The summed E-state index contributed by atoms with van der Waals surface area (Å²) in [4.78, 5) is 12.5. The number of para-hydroxylation sites is 2. The number of imidazole rings is 1. The van der Waals surface area contributed by atoms with Crippen molar-refractivity contribution in [3.8, 4) is 0 Å². The van der Waals surface area contributed by atoms with Crippen LogP contribution in [0.5, 0.6) is 0 Å². The zero-order valence-corrected chi connectivity index (χ0v) is 18.2. The third-order valence-corrected chi connectivity index (χ3v) is 7.13. The molecule has 3 aromatic rings. The molecule has 4 heterocycles. The fourth-order valence-electron chi connectivity index (χ4n) is 5.50. The molecule has 3 unspecified atom stereocenters. The maximum atomic E-state index is 5.18. The van der Waals surface area contributed by atoms with Gasteiger partial charge in [0.1, 0.15) is 5.82 Å². The van der Waals surface area contributed by atoms with Crippen LogP contribution in [0.2, 0.25) is 0 Å². The number of likely N-dealkylation sites (tertiary alicyclic amines) is 1. The summed E-state index contributed by atoms with van der Waals surface area (Å²) in [5.74, 6) is 1.92. The van der Waals surface area contributed by atoms with Crippen LogP contribution in [-0.2, 0) is 6.54 Å². The molecule has 1 aromatic carbocycles. The maximum Gasteiger partial charge on any atom is 0.127 e. The predicted octanol–water partition coefficient (Wildman–Crippen LogP) is 4.64. The second kappa shape index (κ2) is 8.48. The normalized spacial score (nSPS) is 25.6. The zero-order chi connectivity index (χ0) is 20.5. The highest BCUT2D eigenvalue weighted by Crippen LogP contribution is 2.41. The SMILES string of the molecule is Cc1cccnc1C1CCCC(c2nc3ccccc3n2CC2CCCNC2)N1C. The van der Waals surface area contributed by atoms with Crippen LogP contribution in [0.4, 0.5) is 0 Å². The number of fused-ring (bicyclic) bond motifs is 1. The zero-order valence-electron chi connectivity index (χ0n) is 18.2. The van der Waals surface area contributed by atoms with Crippen LogP contribution in [0, 0.1) is 12.8 Å². The van der Waals surface area contributed by atoms with E-state index in [1.807, 2.05) is 12.3 Å². The monoisotopic (exact) mass is 403 g/mol. The van der Waals surface area contributed by atoms with Crippen molar-refractivity contribution in [2.24, 2.45) is 5.92 Å². The van der Waals surface area contributed by atoms with Crippen molar-refractivity contribution in [2.45, 2.75) is 57.7 Å². The summed E-state index contributed by atoms with van der Waals surface area (Å²) in [7, 11) is 2.27. The van der Waals surface area contributed by atoms with E-state index in [1.165, 1.54) is 41.9 Å². The fourth-order valence-corrected chi connectivity index (χ4v) is 5.50. The lowest BCUT2D eigenvalue weighted by Gasteiger charge is -2.39. The number of pyridine rings is 1. The summed E-state index contributed by atoms with van der Waals surface area (Å²) in [6, 6.07) is 13.6. The van der Waals surface area contributed by atoms with Gasteiger partial charge in [0.15, 0.2) is 0 Å². The molecule has 3 atom stereocenters. The van der Waals surface area contributed by atoms with E-state index in [9.17, 15) is 0 Å². The smallest absolute Gasteiger partial charge is 0.127 e. The fraction of sp³-hybridized carbons (Fsp3) is 0.520. The van der Waals surface area contributed by atoms with E-state index in [0.717, 1.165) is 38.0 Å². The van der Waals surface area contributed by atoms with Crippen LogP contribution in [0.15, 0.2) is 42.6 Å². The van der Waals surface area contributed by atoms with E-state index in [4.69, 9.17) is 9.97 Å². The summed E-state index contributed by atoms with van der Waals surface area (Å²) < 4.78 is 2.53. The second-order valence-electron chi connectivity index (χ2n) is 9.12. The van der Waals surface area contributed by atoms with Crippen LogP contribution in [0.1, 0.15) is 61.3 Å². The van der Waals surface area contributed by atoms with Gasteiger partial charge in [-0.3, -0.25) is 9.88 Å². The van der Waals surface area contributed by atoms with Gasteiger partial charge in [-0.05, 0) is 88.8 Å². The van der Waals surface area contributed by atoms with E-state index in [1.54, 1.807) is 0 Å². The first-order valence-corrected chi connectivity index (χ1v) is 11.5. The minimum atomic E-state index is 0.328. The van der Waals surface area contributed by atoms with Crippen LogP contribution in [0.25, 0.3) is 11.0 Å². The van der Waals surface area contributed by atoms with E-state index in [0.29, 0.717) is 18.0 Å². The van der Waals surface area contributed by atoms with Crippen molar-refractivity contribution < 1.29 is 0 Å². The van der Waals surface area contributed by atoms with Crippen molar-refractivity contribution in [3.05, 3.63) is 59.7 Å². The highest BCUT2D eigenvalue weighted by atomic mass is 15.2. The number of nitrogens with one attached hydrogen (secondary N) is 1. The average Bonchev–Trinajstić information content (AvgIpc) is 3.13. The van der Waals surface area contributed by atoms with Gasteiger partial charge >= 0.3 is 0 Å². The Labute approximate surface area is 179 Å². The first kappa shape index (κ1) is 19.7. The minimum absolute atomic E-state index is 0.328. The third kappa shape index (κ3) is 3.65. The van der Waals surface area contributed by atoms with Crippen LogP contribution in [-0.4, -0.2) is 39.6 Å². The van der Waals surface area contributed by atoms with Crippen LogP contribution >= 0.6 is 0 Å². The molecule has 30 heavy (non-hydrogen) atoms. The molecule has 158 valence electrons. The first-order valence-electron chi connectivity index (χ1n) is 11.5. The van der Waals surface area contributed by atoms with Crippen molar-refractivity contribution in [1.29, 1.82) is 0 Å². The van der Waals surface area contributed by atoms with Gasteiger partial charge in [0, 0.05) is 12.7 Å². The van der Waals surface area contributed by atoms with Crippen LogP contribution < -0.4 is 5.32 Å². The van der Waals surface area contributed by atoms with Crippen molar-refractivity contribution >= 4 is 11.0 Å². The highest BCUT2D eigenvalue weighted by molar-refractivity contribution is 5.76. The molecule has 0 saturated carbocycles. The second-order valence-corrected chi connectivity index (χ2v) is 9.12. The van der Waals surface area contributed by atoms with Gasteiger partial charge in [-0.15, -0.1) is 0 Å². The van der Waals surface area contributed by atoms with Gasteiger partial charge in [-0.2, -0.15) is 0 Å². The number of hydrogen-bond donors (Lipinski definition) is 1. The van der Waals surface area contributed by atoms with E-state index < -0.39 is 0 Å². The Kier molecular flexibility index (Phi) is 5.57. The van der Waals surface area contributed by atoms with Gasteiger partial charge < -0.3 is 9.88 Å². The Bertz CT molecular complexity index is 1000. The molecule has 5 rings (SSSR count). The van der Waals surface area contributed by atoms with E-state index >= 15 is 0 Å². The molecule has 0 spiro atoms. The molecule has 0 aliphatic carbocycles. The number of piperidine rings is 2. The van der Waals surface area contributed by atoms with Gasteiger partial charge in [-0.25, -0.2) is 4.98 Å². The lowest BCUT2D eigenvalue weighted by molar-refractivity contribution is 0.103. The first-order chi connectivity index (χ1) is 14.7. The molecule has 0 bridgehead atoms. The Hall–Kier alpha value is -2.24. The number of hydrogen-bond acceptors (Lipinski definition) is 4. The maximum absolute atomic E-state index is 5.18. The number of nitrogens with zero attached hydrogens (tertiary/aromatic N) is 4. The van der Waals surface area contributed by atoms with Crippen molar-refractivity contribution in [3.63, 3.8) is 0 Å². The molecule has 2 aliphatic heterocycles. The summed E-state index contributed by atoms with van der Waals surface area (Å²) in [6.45, 7) is 5.51. The minimum Gasteiger partial charge on any atom is -0.326 e. The van der Waals surface area contributed by atoms with E-state index in [-0.39, 0.29) is 0 Å². The largest absolute Gasteiger partial charge is 0.326 e. The molecular formula is C25H33N5. The molecule has 2 aliphatic rings. The molecular weight excluding hydrogens is 370 g/mol. The van der Waals surface area contributed by atoms with Gasteiger partial charge in [0.25, 0.3) is 0 Å². The Balaban J connectivity index is 1.51. The standard InChI is InChI=1S/C25H33N5/c1-18-8-6-15-27-24(18)22-12-5-13-23(29(22)2)25-28-20-10-3-4-11-21(20)30(25)17-19-9-7-14-26-16-19/h3-4,6,8,10-11,15,19,22-23,26H,5,7,9,12-14,16-17H2,1-2H3. The summed E-state index contributed by atoms with van der Waals surface area (Å²) in [5, 5.41) is 3.59. The topological polar surface area (TPSA) is 46.0 Å². The lowest BCUT2D eigenvalue weighted by atomic mass is 9.91. The summed E-state index contributed by atoms with van der Waals surface area (Å²) in [6.07, 6.45) is 8.05. The van der Waals surface area contributed by atoms with Crippen molar-refractivity contribution in [1.82, 2.24) is 24.8 Å². The molecule has 2 aromatic heterocycles. The predicted molar refractivity (Wildman–Crippen MR) is 121 cm³/mol. The molecule has 2 saturated heterocycles.